The van der Waals surface area contributed by atoms with E-state index in [1.807, 2.05) is 20.9 Å². The van der Waals surface area contributed by atoms with Crippen LogP contribution in [0.1, 0.15) is 38.1 Å². The van der Waals surface area contributed by atoms with E-state index in [0.29, 0.717) is 30.9 Å². The molecule has 0 spiro atoms. The highest BCUT2D eigenvalue weighted by atomic mass is 16.5. The lowest BCUT2D eigenvalue weighted by molar-refractivity contribution is 0.0683. The van der Waals surface area contributed by atoms with Crippen molar-refractivity contribution in [1.82, 2.24) is 25.3 Å². The monoisotopic (exact) mass is 348 g/mol. The van der Waals surface area contributed by atoms with E-state index in [2.05, 4.69) is 42.4 Å². The summed E-state index contributed by atoms with van der Waals surface area (Å²) in [4.78, 5) is 13.6. The standard InChI is InChI=1S/C17H28N6O2/c1-4-24-13(2)16-20-15(25-21-16)11-19-17(18-3)23-10-7-14(12-23)22-8-5-6-9-22/h5-6,13-14H,4,7-12H2,1-3H3,(H,18,19). The smallest absolute Gasteiger partial charge is 0.246 e. The second-order valence-corrected chi connectivity index (χ2v) is 6.36. The maximum absolute atomic E-state index is 5.48. The van der Waals surface area contributed by atoms with E-state index in [-0.39, 0.29) is 6.10 Å². The minimum Gasteiger partial charge on any atom is -0.371 e. The number of ether oxygens (including phenoxy) is 1. The number of likely N-dealkylation sites (tertiary alicyclic amines) is 1. The van der Waals surface area contributed by atoms with Crippen molar-refractivity contribution in [3.63, 3.8) is 0 Å². The number of guanidine groups is 1. The average molecular weight is 348 g/mol. The Morgan fingerprint density at radius 3 is 3.00 bits per heavy atom. The van der Waals surface area contributed by atoms with Crippen molar-refractivity contribution in [3.8, 4) is 0 Å². The van der Waals surface area contributed by atoms with Gasteiger partial charge in [0, 0.05) is 45.9 Å². The predicted octanol–water partition coefficient (Wildman–Crippen LogP) is 1.19. The Bertz CT molecular complexity index is 606. The minimum atomic E-state index is -0.157. The molecular formula is C17H28N6O2. The van der Waals surface area contributed by atoms with E-state index in [9.17, 15) is 0 Å². The quantitative estimate of drug-likeness (QED) is 0.470. The number of hydrogen-bond donors (Lipinski definition) is 1. The molecular weight excluding hydrogens is 320 g/mol. The molecule has 1 fully saturated rings. The largest absolute Gasteiger partial charge is 0.371 e. The number of aromatic nitrogens is 2. The van der Waals surface area contributed by atoms with E-state index in [0.717, 1.165) is 32.1 Å². The average Bonchev–Trinajstić information content (AvgIpc) is 3.36. The first-order chi connectivity index (χ1) is 12.2. The summed E-state index contributed by atoms with van der Waals surface area (Å²) < 4.78 is 10.8. The van der Waals surface area contributed by atoms with Gasteiger partial charge in [0.1, 0.15) is 6.10 Å². The van der Waals surface area contributed by atoms with Gasteiger partial charge in [-0.3, -0.25) is 9.89 Å². The number of nitrogens with zero attached hydrogens (tertiary/aromatic N) is 5. The Kier molecular flexibility index (Phi) is 6.04. The van der Waals surface area contributed by atoms with E-state index in [4.69, 9.17) is 9.26 Å². The van der Waals surface area contributed by atoms with Gasteiger partial charge < -0.3 is 19.5 Å². The molecule has 1 N–H and O–H groups in total. The molecule has 0 amide bonds. The Balaban J connectivity index is 1.50. The zero-order valence-corrected chi connectivity index (χ0v) is 15.3. The molecule has 0 saturated carbocycles. The summed E-state index contributed by atoms with van der Waals surface area (Å²) in [5.41, 5.74) is 0. The topological polar surface area (TPSA) is 79.0 Å². The van der Waals surface area contributed by atoms with Gasteiger partial charge in [0.2, 0.25) is 5.89 Å². The highest BCUT2D eigenvalue weighted by molar-refractivity contribution is 5.80. The van der Waals surface area contributed by atoms with Crippen LogP contribution in [-0.2, 0) is 11.3 Å². The SMILES string of the molecule is CCOC(C)c1noc(CNC(=NC)N2CCC(N3CC=CC3)C2)n1. The van der Waals surface area contributed by atoms with E-state index >= 15 is 0 Å². The normalized spacial score (nSPS) is 22.8. The molecule has 8 heteroatoms. The molecule has 0 aliphatic carbocycles. The van der Waals surface area contributed by atoms with Gasteiger partial charge in [-0.15, -0.1) is 0 Å². The second-order valence-electron chi connectivity index (χ2n) is 6.36. The second kappa shape index (κ2) is 8.44. The predicted molar refractivity (Wildman–Crippen MR) is 95.2 cm³/mol. The van der Waals surface area contributed by atoms with Gasteiger partial charge in [-0.05, 0) is 20.3 Å². The fraction of sp³-hybridized carbons (Fsp3) is 0.706. The number of nitrogens with one attached hydrogen (secondary N) is 1. The lowest BCUT2D eigenvalue weighted by atomic mass is 10.2. The molecule has 0 radical (unpaired) electrons. The molecule has 1 aromatic heterocycles. The van der Waals surface area contributed by atoms with Crippen LogP contribution in [0.15, 0.2) is 21.7 Å². The van der Waals surface area contributed by atoms with E-state index in [1.54, 1.807) is 0 Å². The molecule has 138 valence electrons. The summed E-state index contributed by atoms with van der Waals surface area (Å²) in [6, 6.07) is 0.593. The first-order valence-corrected chi connectivity index (χ1v) is 9.00. The minimum absolute atomic E-state index is 0.157. The molecule has 1 saturated heterocycles. The highest BCUT2D eigenvalue weighted by Gasteiger charge is 2.29. The molecule has 0 aromatic carbocycles. The van der Waals surface area contributed by atoms with Crippen LogP contribution in [0.5, 0.6) is 0 Å². The van der Waals surface area contributed by atoms with Crippen LogP contribution in [0, 0.1) is 0 Å². The third kappa shape index (κ3) is 4.38. The van der Waals surface area contributed by atoms with Crippen LogP contribution in [-0.4, -0.2) is 71.8 Å². The van der Waals surface area contributed by atoms with Crippen molar-refractivity contribution in [1.29, 1.82) is 0 Å². The summed E-state index contributed by atoms with van der Waals surface area (Å²) in [6.07, 6.45) is 5.49. The molecule has 2 aliphatic rings. The lowest BCUT2D eigenvalue weighted by Gasteiger charge is -2.25. The van der Waals surface area contributed by atoms with Crippen LogP contribution in [0.3, 0.4) is 0 Å². The molecule has 2 atom stereocenters. The Labute approximate surface area is 148 Å². The zero-order chi connectivity index (χ0) is 17.6. The third-order valence-electron chi connectivity index (χ3n) is 4.70. The first-order valence-electron chi connectivity index (χ1n) is 9.00. The molecule has 0 bridgehead atoms. The van der Waals surface area contributed by atoms with Crippen molar-refractivity contribution in [2.24, 2.45) is 4.99 Å². The van der Waals surface area contributed by atoms with Gasteiger partial charge in [-0.1, -0.05) is 17.3 Å². The van der Waals surface area contributed by atoms with Crippen molar-refractivity contribution < 1.29 is 9.26 Å². The molecule has 25 heavy (non-hydrogen) atoms. The van der Waals surface area contributed by atoms with Gasteiger partial charge in [0.05, 0.1) is 6.54 Å². The maximum atomic E-state index is 5.48. The summed E-state index contributed by atoms with van der Waals surface area (Å²) in [5, 5.41) is 7.31. The first kappa shape index (κ1) is 17.9. The van der Waals surface area contributed by atoms with E-state index in [1.165, 1.54) is 6.42 Å². The van der Waals surface area contributed by atoms with Gasteiger partial charge >= 0.3 is 0 Å². The van der Waals surface area contributed by atoms with Crippen molar-refractivity contribution in [2.75, 3.05) is 39.8 Å². The van der Waals surface area contributed by atoms with Gasteiger partial charge in [0.15, 0.2) is 11.8 Å². The van der Waals surface area contributed by atoms with Crippen LogP contribution >= 0.6 is 0 Å². The van der Waals surface area contributed by atoms with Crippen molar-refractivity contribution >= 4 is 5.96 Å². The van der Waals surface area contributed by atoms with Crippen LogP contribution in [0.25, 0.3) is 0 Å². The third-order valence-corrected chi connectivity index (χ3v) is 4.70. The fourth-order valence-electron chi connectivity index (χ4n) is 3.34. The number of hydrogen-bond acceptors (Lipinski definition) is 6. The molecule has 3 rings (SSSR count). The van der Waals surface area contributed by atoms with Crippen LogP contribution in [0.2, 0.25) is 0 Å². The highest BCUT2D eigenvalue weighted by Crippen LogP contribution is 2.18. The maximum Gasteiger partial charge on any atom is 0.246 e. The summed E-state index contributed by atoms with van der Waals surface area (Å²) in [7, 11) is 1.81. The molecule has 2 aliphatic heterocycles. The molecule has 1 aromatic rings. The van der Waals surface area contributed by atoms with Gasteiger partial charge in [0.25, 0.3) is 0 Å². The Hall–Kier alpha value is -1.93. The molecule has 8 nitrogen and oxygen atoms in total. The summed E-state index contributed by atoms with van der Waals surface area (Å²) in [5.74, 6) is 2.01. The molecule has 2 unspecified atom stereocenters. The molecule has 3 heterocycles. The lowest BCUT2D eigenvalue weighted by Crippen LogP contribution is -2.42. The summed E-state index contributed by atoms with van der Waals surface area (Å²) >= 11 is 0. The summed E-state index contributed by atoms with van der Waals surface area (Å²) in [6.45, 7) is 9.09. The van der Waals surface area contributed by atoms with Crippen molar-refractivity contribution in [3.05, 3.63) is 23.9 Å². The number of aliphatic imine (C=N–C) groups is 1. The van der Waals surface area contributed by atoms with Crippen LogP contribution in [0.4, 0.5) is 0 Å². The van der Waals surface area contributed by atoms with E-state index < -0.39 is 0 Å². The van der Waals surface area contributed by atoms with Gasteiger partial charge in [-0.25, -0.2) is 0 Å². The fourth-order valence-corrected chi connectivity index (χ4v) is 3.34. The van der Waals surface area contributed by atoms with Crippen LogP contribution < -0.4 is 5.32 Å². The Morgan fingerprint density at radius 1 is 1.48 bits per heavy atom. The zero-order valence-electron chi connectivity index (χ0n) is 15.3. The Morgan fingerprint density at radius 2 is 2.28 bits per heavy atom. The van der Waals surface area contributed by atoms with Crippen molar-refractivity contribution in [2.45, 2.75) is 39.0 Å². The van der Waals surface area contributed by atoms with Gasteiger partial charge in [-0.2, -0.15) is 4.98 Å². The number of rotatable bonds is 6.